The second kappa shape index (κ2) is 5.99. The second-order valence-electron chi connectivity index (χ2n) is 4.18. The number of aliphatic hydroxyl groups excluding tert-OH is 1. The number of aliphatic hydroxyl groups is 1. The summed E-state index contributed by atoms with van der Waals surface area (Å²) in [6.45, 7) is 1.39. The molecule has 0 saturated carbocycles. The number of aryl methyl sites for hydroxylation is 1. The van der Waals surface area contributed by atoms with Gasteiger partial charge in [-0.25, -0.2) is 17.2 Å². The molecule has 1 aromatic heterocycles. The number of halogens is 3. The Morgan fingerprint density at radius 1 is 1.29 bits per heavy atom. The molecule has 0 amide bonds. The molecule has 0 saturated heterocycles. The highest BCUT2D eigenvalue weighted by atomic mass is 79.9. The Morgan fingerprint density at radius 3 is 2.52 bits per heavy atom. The average Bonchev–Trinajstić information content (AvgIpc) is 2.78. The fourth-order valence-electron chi connectivity index (χ4n) is 1.57. The third kappa shape index (κ3) is 3.42. The number of hydrogen-bond donors (Lipinski definition) is 2. The zero-order valence-electron chi connectivity index (χ0n) is 10.7. The highest BCUT2D eigenvalue weighted by Gasteiger charge is 2.21. The average molecular weight is 398 g/mol. The first-order valence-electron chi connectivity index (χ1n) is 5.62. The van der Waals surface area contributed by atoms with Gasteiger partial charge < -0.3 is 5.11 Å². The van der Waals surface area contributed by atoms with Crippen molar-refractivity contribution in [3.8, 4) is 0 Å². The summed E-state index contributed by atoms with van der Waals surface area (Å²) in [4.78, 5) is 0.510. The lowest BCUT2D eigenvalue weighted by Crippen LogP contribution is -2.13. The van der Waals surface area contributed by atoms with Crippen molar-refractivity contribution >= 4 is 43.0 Å². The van der Waals surface area contributed by atoms with Crippen LogP contribution in [0.2, 0.25) is 0 Å². The molecule has 2 N–H and O–H groups in total. The third-order valence-electron chi connectivity index (χ3n) is 2.66. The Balaban J connectivity index is 2.39. The van der Waals surface area contributed by atoms with Crippen LogP contribution in [0.1, 0.15) is 10.4 Å². The summed E-state index contributed by atoms with van der Waals surface area (Å²) in [5, 5.41) is 9.09. The maximum absolute atomic E-state index is 13.6. The molecule has 1 heterocycles. The van der Waals surface area contributed by atoms with E-state index in [1.54, 1.807) is 6.92 Å². The fourth-order valence-corrected chi connectivity index (χ4v) is 4.42. The van der Waals surface area contributed by atoms with Crippen molar-refractivity contribution in [2.24, 2.45) is 0 Å². The first kappa shape index (κ1) is 16.3. The Labute approximate surface area is 132 Å². The summed E-state index contributed by atoms with van der Waals surface area (Å²) in [5.74, 6) is -1.85. The van der Waals surface area contributed by atoms with E-state index in [0.29, 0.717) is 16.5 Å². The summed E-state index contributed by atoms with van der Waals surface area (Å²) < 4.78 is 53.0. The van der Waals surface area contributed by atoms with Crippen LogP contribution in [-0.2, 0) is 16.6 Å². The molecule has 9 heteroatoms. The summed E-state index contributed by atoms with van der Waals surface area (Å²) in [7, 11) is -4.00. The number of rotatable bonds is 4. The fraction of sp³-hybridized carbons (Fsp3) is 0.167. The lowest BCUT2D eigenvalue weighted by Gasteiger charge is -2.08. The van der Waals surface area contributed by atoms with Gasteiger partial charge in [0.1, 0.15) is 15.8 Å². The van der Waals surface area contributed by atoms with Gasteiger partial charge >= 0.3 is 0 Å². The quantitative estimate of drug-likeness (QED) is 0.776. The minimum Gasteiger partial charge on any atom is -0.391 e. The van der Waals surface area contributed by atoms with E-state index < -0.39 is 21.7 Å². The van der Waals surface area contributed by atoms with Gasteiger partial charge in [-0.15, -0.1) is 11.3 Å². The maximum Gasteiger partial charge on any atom is 0.271 e. The van der Waals surface area contributed by atoms with E-state index in [9.17, 15) is 17.2 Å². The summed E-state index contributed by atoms with van der Waals surface area (Å²) in [6, 6.07) is 2.98. The summed E-state index contributed by atoms with van der Waals surface area (Å²) in [5.41, 5.74) is 0.267. The monoisotopic (exact) mass is 397 g/mol. The van der Waals surface area contributed by atoms with Crippen LogP contribution in [0.25, 0.3) is 0 Å². The van der Waals surface area contributed by atoms with Crippen molar-refractivity contribution < 1.29 is 22.3 Å². The minimum absolute atomic E-state index is 0.0519. The van der Waals surface area contributed by atoms with Crippen molar-refractivity contribution in [2.45, 2.75) is 17.7 Å². The molecule has 21 heavy (non-hydrogen) atoms. The van der Waals surface area contributed by atoms with E-state index >= 15 is 0 Å². The normalized spacial score (nSPS) is 11.7. The van der Waals surface area contributed by atoms with Gasteiger partial charge in [-0.1, -0.05) is 0 Å². The molecule has 0 aliphatic rings. The lowest BCUT2D eigenvalue weighted by atomic mass is 10.3. The van der Waals surface area contributed by atoms with Gasteiger partial charge in [0.25, 0.3) is 10.0 Å². The van der Waals surface area contributed by atoms with Crippen LogP contribution in [-0.4, -0.2) is 13.5 Å². The van der Waals surface area contributed by atoms with Crippen LogP contribution in [0.5, 0.6) is 0 Å². The van der Waals surface area contributed by atoms with Crippen molar-refractivity contribution in [2.75, 3.05) is 4.72 Å². The number of thiophene rings is 1. The van der Waals surface area contributed by atoms with Crippen LogP contribution in [0.4, 0.5) is 14.5 Å². The van der Waals surface area contributed by atoms with E-state index in [4.69, 9.17) is 5.11 Å². The van der Waals surface area contributed by atoms with Gasteiger partial charge in [-0.05, 0) is 40.5 Å². The van der Waals surface area contributed by atoms with E-state index in [1.165, 1.54) is 6.07 Å². The van der Waals surface area contributed by atoms with Crippen LogP contribution < -0.4 is 4.72 Å². The molecule has 114 valence electrons. The zero-order chi connectivity index (χ0) is 15.8. The van der Waals surface area contributed by atoms with Crippen molar-refractivity contribution in [1.82, 2.24) is 0 Å². The molecule has 0 aliphatic heterocycles. The molecule has 0 aliphatic carbocycles. The van der Waals surface area contributed by atoms with Crippen LogP contribution in [0, 0.1) is 18.6 Å². The molecular weight excluding hydrogens is 388 g/mol. The van der Waals surface area contributed by atoms with Gasteiger partial charge in [0.15, 0.2) is 0 Å². The van der Waals surface area contributed by atoms with E-state index in [0.717, 1.165) is 17.4 Å². The largest absolute Gasteiger partial charge is 0.391 e. The SMILES string of the molecule is Cc1cc(S(=O)(=O)Nc2cc(Br)c(F)cc2F)sc1CO. The molecule has 0 bridgehead atoms. The van der Waals surface area contributed by atoms with E-state index in [2.05, 4.69) is 20.7 Å². The zero-order valence-corrected chi connectivity index (χ0v) is 13.9. The number of hydrogen-bond acceptors (Lipinski definition) is 4. The van der Waals surface area contributed by atoms with Gasteiger partial charge in [-0.2, -0.15) is 0 Å². The summed E-state index contributed by atoms with van der Waals surface area (Å²) >= 11 is 3.75. The Bertz CT molecular complexity index is 790. The van der Waals surface area contributed by atoms with Crippen molar-refractivity contribution in [1.29, 1.82) is 0 Å². The van der Waals surface area contributed by atoms with Gasteiger partial charge in [-0.3, -0.25) is 4.72 Å². The standard InChI is InChI=1S/C12H10BrF2NO3S2/c1-6-2-12(20-11(6)5-17)21(18,19)16-10-3-7(13)8(14)4-9(10)15/h2-4,16-17H,5H2,1H3. The first-order chi connectivity index (χ1) is 9.74. The molecule has 1 aromatic carbocycles. The molecule has 4 nitrogen and oxygen atoms in total. The van der Waals surface area contributed by atoms with Crippen LogP contribution in [0.15, 0.2) is 26.9 Å². The van der Waals surface area contributed by atoms with Crippen molar-refractivity contribution in [3.63, 3.8) is 0 Å². The Kier molecular flexibility index (Phi) is 4.66. The van der Waals surface area contributed by atoms with Crippen molar-refractivity contribution in [3.05, 3.63) is 44.7 Å². The molecule has 2 aromatic rings. The van der Waals surface area contributed by atoms with Crippen LogP contribution >= 0.6 is 27.3 Å². The van der Waals surface area contributed by atoms with Gasteiger partial charge in [0.2, 0.25) is 0 Å². The van der Waals surface area contributed by atoms with Crippen LogP contribution in [0.3, 0.4) is 0 Å². The maximum atomic E-state index is 13.6. The van der Waals surface area contributed by atoms with E-state index in [-0.39, 0.29) is 21.0 Å². The predicted molar refractivity (Wildman–Crippen MR) is 79.8 cm³/mol. The predicted octanol–water partition coefficient (Wildman–Crippen LogP) is 3.39. The lowest BCUT2D eigenvalue weighted by molar-refractivity contribution is 0.285. The molecule has 0 radical (unpaired) electrons. The molecule has 0 unspecified atom stereocenters. The number of benzene rings is 1. The Hall–Kier alpha value is -1.03. The number of sulfonamides is 1. The highest BCUT2D eigenvalue weighted by Crippen LogP contribution is 2.30. The first-order valence-corrected chi connectivity index (χ1v) is 8.71. The smallest absolute Gasteiger partial charge is 0.271 e. The molecule has 0 fully saturated rings. The highest BCUT2D eigenvalue weighted by molar-refractivity contribution is 9.10. The number of anilines is 1. The van der Waals surface area contributed by atoms with Gasteiger partial charge in [0, 0.05) is 10.9 Å². The third-order valence-corrected chi connectivity index (χ3v) is 6.33. The van der Waals surface area contributed by atoms with Gasteiger partial charge in [0.05, 0.1) is 16.8 Å². The second-order valence-corrected chi connectivity index (χ2v) is 8.08. The molecule has 0 spiro atoms. The molecular formula is C12H10BrF2NO3S2. The van der Waals surface area contributed by atoms with E-state index in [1.807, 2.05) is 0 Å². The summed E-state index contributed by atoms with van der Waals surface area (Å²) in [6.07, 6.45) is 0. The number of nitrogens with one attached hydrogen (secondary N) is 1. The molecule has 0 atom stereocenters. The minimum atomic E-state index is -4.00. The Morgan fingerprint density at radius 2 is 1.95 bits per heavy atom. The topological polar surface area (TPSA) is 66.4 Å². The molecule has 2 rings (SSSR count).